The van der Waals surface area contributed by atoms with Gasteiger partial charge in [0.2, 0.25) is 0 Å². The number of hydrogen-bond donors (Lipinski definition) is 0. The second-order valence-corrected chi connectivity index (χ2v) is 3.39. The number of rotatable bonds is 4. The summed E-state index contributed by atoms with van der Waals surface area (Å²) < 4.78 is 0. The van der Waals surface area contributed by atoms with E-state index in [-0.39, 0.29) is 0 Å². The lowest BCUT2D eigenvalue weighted by molar-refractivity contribution is 0.664. The molecule has 0 saturated carbocycles. The Kier molecular flexibility index (Phi) is 6.01. The smallest absolute Gasteiger partial charge is 0.0932 e. The van der Waals surface area contributed by atoms with E-state index in [1.807, 2.05) is 0 Å². The van der Waals surface area contributed by atoms with Gasteiger partial charge in [-0.1, -0.05) is 44.5 Å². The summed E-state index contributed by atoms with van der Waals surface area (Å²) in [6.07, 6.45) is 9.04. The summed E-state index contributed by atoms with van der Waals surface area (Å²) >= 11 is 0. The first-order chi connectivity index (χ1) is 5.16. The lowest BCUT2D eigenvalue weighted by Crippen LogP contribution is -1.82. The molecule has 0 heterocycles. The molecule has 1 heteroatoms. The largest absolute Gasteiger partial charge is 0.138 e. The molecule has 0 N–H and O–H groups in total. The van der Waals surface area contributed by atoms with Crippen LogP contribution >= 0.6 is 0 Å². The molecule has 0 aliphatic heterocycles. The standard InChI is InChI=1S/C10H19B/c1-4-6-10(11)8-5-7-9(2)3/h5-6,8-9H,4,7,11H2,1-3H3/b8-5-,10-6+. The maximum absolute atomic E-state index is 2.26. The molecule has 0 spiro atoms. The molecular weight excluding hydrogens is 131 g/mol. The Labute approximate surface area is 71.8 Å². The minimum Gasteiger partial charge on any atom is -0.0932 e. The van der Waals surface area contributed by atoms with Crippen molar-refractivity contribution in [3.05, 3.63) is 23.7 Å². The Balaban J connectivity index is 3.65. The quantitative estimate of drug-likeness (QED) is 0.426. The van der Waals surface area contributed by atoms with Gasteiger partial charge in [0.25, 0.3) is 0 Å². The van der Waals surface area contributed by atoms with E-state index in [9.17, 15) is 0 Å². The van der Waals surface area contributed by atoms with Gasteiger partial charge < -0.3 is 0 Å². The summed E-state index contributed by atoms with van der Waals surface area (Å²) in [6.45, 7) is 6.65. The van der Waals surface area contributed by atoms with Gasteiger partial charge in [0.05, 0.1) is 0 Å². The van der Waals surface area contributed by atoms with Crippen molar-refractivity contribution in [2.24, 2.45) is 5.92 Å². The maximum atomic E-state index is 2.26. The zero-order chi connectivity index (χ0) is 8.69. The second kappa shape index (κ2) is 6.27. The summed E-state index contributed by atoms with van der Waals surface area (Å²) in [5.41, 5.74) is 1.38. The highest BCUT2D eigenvalue weighted by molar-refractivity contribution is 6.23. The lowest BCUT2D eigenvalue weighted by atomic mass is 9.93. The van der Waals surface area contributed by atoms with Gasteiger partial charge in [-0.2, -0.15) is 0 Å². The van der Waals surface area contributed by atoms with E-state index >= 15 is 0 Å². The van der Waals surface area contributed by atoms with E-state index in [0.29, 0.717) is 0 Å². The molecule has 0 saturated heterocycles. The monoisotopic (exact) mass is 150 g/mol. The third kappa shape index (κ3) is 7.44. The predicted molar refractivity (Wildman–Crippen MR) is 55.5 cm³/mol. The van der Waals surface area contributed by atoms with Gasteiger partial charge >= 0.3 is 0 Å². The minimum absolute atomic E-state index is 0.778. The zero-order valence-corrected chi connectivity index (χ0v) is 8.22. The number of allylic oxidation sites excluding steroid dienone is 4. The van der Waals surface area contributed by atoms with Crippen molar-refractivity contribution in [2.45, 2.75) is 33.6 Å². The van der Waals surface area contributed by atoms with Crippen molar-refractivity contribution in [3.63, 3.8) is 0 Å². The molecule has 0 aliphatic carbocycles. The molecule has 11 heavy (non-hydrogen) atoms. The fraction of sp³-hybridized carbons (Fsp3) is 0.600. The zero-order valence-electron chi connectivity index (χ0n) is 8.22. The van der Waals surface area contributed by atoms with E-state index in [1.54, 1.807) is 0 Å². The van der Waals surface area contributed by atoms with Crippen LogP contribution in [0.4, 0.5) is 0 Å². The summed E-state index contributed by atoms with van der Waals surface area (Å²) in [5, 5.41) is 0. The highest BCUT2D eigenvalue weighted by Crippen LogP contribution is 2.02. The number of hydrogen-bond acceptors (Lipinski definition) is 0. The van der Waals surface area contributed by atoms with Crippen molar-refractivity contribution in [1.29, 1.82) is 0 Å². The predicted octanol–water partition coefficient (Wildman–Crippen LogP) is 2.52. The highest BCUT2D eigenvalue weighted by Gasteiger charge is 1.86. The van der Waals surface area contributed by atoms with Crippen molar-refractivity contribution in [3.8, 4) is 0 Å². The molecule has 0 atom stereocenters. The summed E-state index contributed by atoms with van der Waals surface area (Å²) in [6, 6.07) is 0. The van der Waals surface area contributed by atoms with Crippen molar-refractivity contribution in [1.82, 2.24) is 0 Å². The fourth-order valence-corrected chi connectivity index (χ4v) is 0.916. The minimum atomic E-state index is 0.778. The SMILES string of the molecule is BC(/C=C\CC(C)C)=C/CC. The van der Waals surface area contributed by atoms with Crippen LogP contribution in [0.1, 0.15) is 33.6 Å². The van der Waals surface area contributed by atoms with Gasteiger partial charge in [-0.15, -0.1) is 0 Å². The average Bonchev–Trinajstić information content (AvgIpc) is 1.87. The Morgan fingerprint density at radius 2 is 2.09 bits per heavy atom. The fourth-order valence-electron chi connectivity index (χ4n) is 0.916. The molecule has 0 unspecified atom stereocenters. The van der Waals surface area contributed by atoms with Crippen LogP contribution in [0.3, 0.4) is 0 Å². The molecule has 0 nitrogen and oxygen atoms in total. The van der Waals surface area contributed by atoms with E-state index in [2.05, 4.69) is 46.8 Å². The first-order valence-electron chi connectivity index (χ1n) is 4.50. The molecule has 0 fully saturated rings. The van der Waals surface area contributed by atoms with E-state index < -0.39 is 0 Å². The van der Waals surface area contributed by atoms with Crippen LogP contribution in [0.15, 0.2) is 23.7 Å². The topological polar surface area (TPSA) is 0 Å². The van der Waals surface area contributed by atoms with Gasteiger partial charge in [-0.25, -0.2) is 0 Å². The molecule has 0 aromatic heterocycles. The summed E-state index contributed by atoms with van der Waals surface area (Å²) in [7, 11) is 2.15. The van der Waals surface area contributed by atoms with Crippen LogP contribution in [-0.4, -0.2) is 7.85 Å². The Bertz CT molecular complexity index is 143. The van der Waals surface area contributed by atoms with Crippen LogP contribution in [0, 0.1) is 5.92 Å². The molecule has 0 amide bonds. The third-order valence-corrected chi connectivity index (χ3v) is 1.51. The van der Waals surface area contributed by atoms with E-state index in [4.69, 9.17) is 0 Å². The van der Waals surface area contributed by atoms with E-state index in [1.165, 1.54) is 11.9 Å². The maximum Gasteiger partial charge on any atom is 0.138 e. The van der Waals surface area contributed by atoms with Crippen LogP contribution < -0.4 is 0 Å². The average molecular weight is 150 g/mol. The molecule has 0 radical (unpaired) electrons. The molecular formula is C10H19B. The van der Waals surface area contributed by atoms with Gasteiger partial charge in [0, 0.05) is 0 Å². The lowest BCUT2D eigenvalue weighted by Gasteiger charge is -1.96. The Hall–Kier alpha value is -0.455. The van der Waals surface area contributed by atoms with Crippen LogP contribution in [0.2, 0.25) is 0 Å². The molecule has 0 bridgehead atoms. The van der Waals surface area contributed by atoms with Crippen LogP contribution in [0.25, 0.3) is 0 Å². The highest BCUT2D eigenvalue weighted by atomic mass is 13.9. The normalized spacial score (nSPS) is 13.3. The van der Waals surface area contributed by atoms with Gasteiger partial charge in [0.15, 0.2) is 0 Å². The van der Waals surface area contributed by atoms with Crippen molar-refractivity contribution in [2.75, 3.05) is 0 Å². The van der Waals surface area contributed by atoms with Crippen molar-refractivity contribution < 1.29 is 0 Å². The second-order valence-electron chi connectivity index (χ2n) is 3.39. The molecule has 0 aliphatic rings. The summed E-state index contributed by atoms with van der Waals surface area (Å²) in [4.78, 5) is 0. The first-order valence-corrected chi connectivity index (χ1v) is 4.50. The van der Waals surface area contributed by atoms with Crippen LogP contribution in [-0.2, 0) is 0 Å². The molecule has 0 aromatic rings. The molecule has 0 aromatic carbocycles. The first kappa shape index (κ1) is 10.5. The Morgan fingerprint density at radius 1 is 1.45 bits per heavy atom. The van der Waals surface area contributed by atoms with E-state index in [0.717, 1.165) is 12.3 Å². The molecule has 62 valence electrons. The Morgan fingerprint density at radius 3 is 2.55 bits per heavy atom. The van der Waals surface area contributed by atoms with Gasteiger partial charge in [-0.05, 0) is 18.8 Å². The summed E-state index contributed by atoms with van der Waals surface area (Å²) in [5.74, 6) is 0.778. The van der Waals surface area contributed by atoms with Crippen molar-refractivity contribution >= 4 is 7.85 Å². The molecule has 0 rings (SSSR count). The van der Waals surface area contributed by atoms with Gasteiger partial charge in [0.1, 0.15) is 7.85 Å². The third-order valence-electron chi connectivity index (χ3n) is 1.51. The van der Waals surface area contributed by atoms with Gasteiger partial charge in [-0.3, -0.25) is 0 Å². The van der Waals surface area contributed by atoms with Crippen LogP contribution in [0.5, 0.6) is 0 Å².